The minimum atomic E-state index is -0.339. The van der Waals surface area contributed by atoms with E-state index in [1.54, 1.807) is 6.07 Å². The summed E-state index contributed by atoms with van der Waals surface area (Å²) in [5, 5.41) is 9.02. The summed E-state index contributed by atoms with van der Waals surface area (Å²) in [6.07, 6.45) is 1.61. The van der Waals surface area contributed by atoms with Crippen molar-refractivity contribution in [3.8, 4) is 0 Å². The average molecular weight is 237 g/mol. The van der Waals surface area contributed by atoms with Crippen LogP contribution in [0.5, 0.6) is 0 Å². The van der Waals surface area contributed by atoms with Crippen LogP contribution in [-0.4, -0.2) is 39.2 Å². The third-order valence-corrected chi connectivity index (χ3v) is 2.17. The van der Waals surface area contributed by atoms with Gasteiger partial charge in [-0.2, -0.15) is 5.10 Å². The van der Waals surface area contributed by atoms with Gasteiger partial charge in [0, 0.05) is 12.6 Å². The maximum atomic E-state index is 11.2. The van der Waals surface area contributed by atoms with Crippen LogP contribution in [0.3, 0.4) is 0 Å². The van der Waals surface area contributed by atoms with Crippen molar-refractivity contribution in [3.05, 3.63) is 22.9 Å². The zero-order valence-corrected chi connectivity index (χ0v) is 9.14. The second-order valence-corrected chi connectivity index (χ2v) is 3.28. The third kappa shape index (κ3) is 2.41. The summed E-state index contributed by atoms with van der Waals surface area (Å²) in [4.78, 5) is 26.0. The van der Waals surface area contributed by atoms with Crippen molar-refractivity contribution in [2.24, 2.45) is 0 Å². The number of aromatic nitrogens is 4. The van der Waals surface area contributed by atoms with Gasteiger partial charge in [0.05, 0.1) is 13.5 Å². The van der Waals surface area contributed by atoms with Gasteiger partial charge in [0.1, 0.15) is 12.1 Å². The number of aromatic amines is 1. The Morgan fingerprint density at radius 2 is 2.47 bits per heavy atom. The molecule has 0 aliphatic carbocycles. The topological polar surface area (TPSA) is 101 Å². The van der Waals surface area contributed by atoms with Gasteiger partial charge in [0.2, 0.25) is 0 Å². The lowest BCUT2D eigenvalue weighted by Crippen LogP contribution is -2.12. The lowest BCUT2D eigenvalue weighted by molar-refractivity contribution is -0.140. The Balaban J connectivity index is 2.04. The second kappa shape index (κ2) is 4.64. The summed E-state index contributed by atoms with van der Waals surface area (Å²) in [5.74, 6) is 0.245. The molecule has 0 aromatic carbocycles. The predicted octanol–water partition coefficient (Wildman–Crippen LogP) is -0.607. The standard InChI is InChI=1S/C9H11N5O3/c1-17-8(15)2-3-10-6-4-7-12-13-9(16)14(7)5-11-6/h4-5,10H,2-3H2,1H3,(H,13,16). The first-order valence-corrected chi connectivity index (χ1v) is 4.94. The minimum Gasteiger partial charge on any atom is -0.469 e. The lowest BCUT2D eigenvalue weighted by atomic mass is 10.4. The number of H-pyrrole nitrogens is 1. The first-order chi connectivity index (χ1) is 8.20. The van der Waals surface area contributed by atoms with E-state index in [2.05, 4.69) is 25.2 Å². The van der Waals surface area contributed by atoms with Crippen molar-refractivity contribution in [1.82, 2.24) is 19.6 Å². The molecule has 8 nitrogen and oxygen atoms in total. The SMILES string of the molecule is COC(=O)CCNc1cc2n[nH]c(=O)n2cn1. The molecule has 0 bridgehead atoms. The number of methoxy groups -OCH3 is 1. The number of carbonyl (C=O) groups excluding carboxylic acids is 1. The summed E-state index contributed by atoms with van der Waals surface area (Å²) >= 11 is 0. The van der Waals surface area contributed by atoms with E-state index in [1.807, 2.05) is 0 Å². The van der Waals surface area contributed by atoms with Crippen LogP contribution in [0.25, 0.3) is 5.65 Å². The van der Waals surface area contributed by atoms with Crippen molar-refractivity contribution >= 4 is 17.4 Å². The van der Waals surface area contributed by atoms with E-state index < -0.39 is 0 Å². The highest BCUT2D eigenvalue weighted by Gasteiger charge is 2.03. The number of fused-ring (bicyclic) bond motifs is 1. The number of carbonyl (C=O) groups is 1. The van der Waals surface area contributed by atoms with Gasteiger partial charge in [0.25, 0.3) is 0 Å². The Labute approximate surface area is 95.6 Å². The van der Waals surface area contributed by atoms with Gasteiger partial charge in [0.15, 0.2) is 5.65 Å². The zero-order chi connectivity index (χ0) is 12.3. The van der Waals surface area contributed by atoms with Crippen LogP contribution in [-0.2, 0) is 9.53 Å². The maximum absolute atomic E-state index is 11.2. The largest absolute Gasteiger partial charge is 0.469 e. The minimum absolute atomic E-state index is 0.247. The molecule has 0 aliphatic heterocycles. The molecule has 2 heterocycles. The van der Waals surface area contributed by atoms with Crippen LogP contribution in [0.1, 0.15) is 6.42 Å². The first-order valence-electron chi connectivity index (χ1n) is 4.94. The number of nitrogens with one attached hydrogen (secondary N) is 2. The van der Waals surface area contributed by atoms with Crippen LogP contribution in [0.15, 0.2) is 17.2 Å². The Bertz CT molecular complexity index is 588. The molecule has 0 amide bonds. The number of hydrogen-bond acceptors (Lipinski definition) is 6. The van der Waals surface area contributed by atoms with E-state index in [0.717, 1.165) is 0 Å². The van der Waals surface area contributed by atoms with E-state index >= 15 is 0 Å². The highest BCUT2D eigenvalue weighted by atomic mass is 16.5. The van der Waals surface area contributed by atoms with Gasteiger partial charge in [-0.1, -0.05) is 0 Å². The molecule has 90 valence electrons. The highest BCUT2D eigenvalue weighted by Crippen LogP contribution is 2.04. The van der Waals surface area contributed by atoms with Crippen LogP contribution in [0, 0.1) is 0 Å². The molecular formula is C9H11N5O3. The van der Waals surface area contributed by atoms with Crippen LogP contribution < -0.4 is 11.0 Å². The number of hydrogen-bond donors (Lipinski definition) is 2. The Morgan fingerprint density at radius 1 is 1.65 bits per heavy atom. The molecule has 8 heteroatoms. The molecule has 0 radical (unpaired) electrons. The van der Waals surface area contributed by atoms with Crippen molar-refractivity contribution in [3.63, 3.8) is 0 Å². The van der Waals surface area contributed by atoms with Crippen LogP contribution in [0.2, 0.25) is 0 Å². The molecule has 17 heavy (non-hydrogen) atoms. The Kier molecular flexibility index (Phi) is 3.03. The highest BCUT2D eigenvalue weighted by molar-refractivity contribution is 5.69. The second-order valence-electron chi connectivity index (χ2n) is 3.28. The first kappa shape index (κ1) is 11.1. The van der Waals surface area contributed by atoms with Crippen LogP contribution in [0.4, 0.5) is 5.82 Å². The van der Waals surface area contributed by atoms with Crippen molar-refractivity contribution in [2.75, 3.05) is 19.0 Å². The fourth-order valence-electron chi connectivity index (χ4n) is 1.30. The molecule has 2 N–H and O–H groups in total. The summed E-state index contributed by atoms with van der Waals surface area (Å²) in [6, 6.07) is 1.61. The van der Waals surface area contributed by atoms with Gasteiger partial charge in [-0.3, -0.25) is 4.79 Å². The molecule has 0 aliphatic rings. The normalized spacial score (nSPS) is 10.4. The molecule has 2 aromatic heterocycles. The molecule has 2 rings (SSSR count). The van der Waals surface area contributed by atoms with Crippen molar-refractivity contribution in [1.29, 1.82) is 0 Å². The fraction of sp³-hybridized carbons (Fsp3) is 0.333. The Hall–Kier alpha value is -2.38. The molecule has 0 saturated carbocycles. The Morgan fingerprint density at radius 3 is 3.24 bits per heavy atom. The molecule has 0 unspecified atom stereocenters. The number of anilines is 1. The molecule has 0 saturated heterocycles. The van der Waals surface area contributed by atoms with Gasteiger partial charge >= 0.3 is 11.7 Å². The van der Waals surface area contributed by atoms with Crippen molar-refractivity contribution in [2.45, 2.75) is 6.42 Å². The van der Waals surface area contributed by atoms with E-state index in [1.165, 1.54) is 17.8 Å². The molecular weight excluding hydrogens is 226 g/mol. The van der Waals surface area contributed by atoms with Crippen LogP contribution >= 0.6 is 0 Å². The summed E-state index contributed by atoms with van der Waals surface area (Å²) in [5.41, 5.74) is 0.124. The maximum Gasteiger partial charge on any atom is 0.348 e. The number of nitrogens with zero attached hydrogens (tertiary/aromatic N) is 3. The smallest absolute Gasteiger partial charge is 0.348 e. The van der Waals surface area contributed by atoms with Gasteiger partial charge in [-0.05, 0) is 0 Å². The number of ether oxygens (including phenoxy) is 1. The van der Waals surface area contributed by atoms with Gasteiger partial charge in [-0.25, -0.2) is 19.3 Å². The van der Waals surface area contributed by atoms with Gasteiger partial charge in [-0.15, -0.1) is 0 Å². The molecule has 0 atom stereocenters. The van der Waals surface area contributed by atoms with E-state index in [4.69, 9.17) is 0 Å². The summed E-state index contributed by atoms with van der Waals surface area (Å²) in [7, 11) is 1.34. The monoisotopic (exact) mass is 237 g/mol. The fourth-order valence-corrected chi connectivity index (χ4v) is 1.30. The number of esters is 1. The van der Waals surface area contributed by atoms with E-state index in [9.17, 15) is 9.59 Å². The number of rotatable bonds is 4. The van der Waals surface area contributed by atoms with Crippen molar-refractivity contribution < 1.29 is 9.53 Å². The average Bonchev–Trinajstić information content (AvgIpc) is 2.70. The predicted molar refractivity (Wildman–Crippen MR) is 58.7 cm³/mol. The third-order valence-electron chi connectivity index (χ3n) is 2.17. The van der Waals surface area contributed by atoms with E-state index in [0.29, 0.717) is 18.0 Å². The lowest BCUT2D eigenvalue weighted by Gasteiger charge is -2.03. The molecule has 0 fully saturated rings. The molecule has 2 aromatic rings. The molecule has 0 spiro atoms. The quantitative estimate of drug-likeness (QED) is 0.688. The zero-order valence-electron chi connectivity index (χ0n) is 9.14. The summed E-state index contributed by atoms with van der Waals surface area (Å²) in [6.45, 7) is 0.407. The summed E-state index contributed by atoms with van der Waals surface area (Å²) < 4.78 is 5.78. The van der Waals surface area contributed by atoms with Gasteiger partial charge < -0.3 is 10.1 Å². The van der Waals surface area contributed by atoms with E-state index in [-0.39, 0.29) is 18.1 Å².